The topological polar surface area (TPSA) is 112 Å². The fourth-order valence-corrected chi connectivity index (χ4v) is 1.36. The molecular formula is C12H9N3O4. The lowest BCUT2D eigenvalue weighted by molar-refractivity contribution is 0.0696. The number of aromatic nitrogens is 2. The third-order valence-electron chi connectivity index (χ3n) is 2.30. The number of aromatic amines is 1. The summed E-state index contributed by atoms with van der Waals surface area (Å²) >= 11 is 0. The molecule has 0 spiro atoms. The average molecular weight is 259 g/mol. The first-order valence-corrected chi connectivity index (χ1v) is 5.27. The highest BCUT2D eigenvalue weighted by Gasteiger charge is 2.08. The molecule has 7 heteroatoms. The van der Waals surface area contributed by atoms with Crippen molar-refractivity contribution < 1.29 is 14.7 Å². The molecule has 0 saturated carbocycles. The Morgan fingerprint density at radius 3 is 2.32 bits per heavy atom. The first kappa shape index (κ1) is 12.5. The van der Waals surface area contributed by atoms with Crippen molar-refractivity contribution in [2.75, 3.05) is 5.32 Å². The van der Waals surface area contributed by atoms with Crippen LogP contribution in [0.5, 0.6) is 0 Å². The number of carboxylic acids is 1. The maximum absolute atomic E-state index is 11.7. The summed E-state index contributed by atoms with van der Waals surface area (Å²) < 4.78 is 0. The number of carbonyl (C=O) groups is 2. The van der Waals surface area contributed by atoms with Gasteiger partial charge in [-0.3, -0.25) is 9.59 Å². The number of H-pyrrole nitrogens is 1. The van der Waals surface area contributed by atoms with Gasteiger partial charge < -0.3 is 10.4 Å². The number of benzene rings is 1. The molecular weight excluding hydrogens is 250 g/mol. The summed E-state index contributed by atoms with van der Waals surface area (Å²) in [6.07, 6.45) is 0. The molecule has 0 unspecified atom stereocenters. The zero-order valence-corrected chi connectivity index (χ0v) is 9.58. The van der Waals surface area contributed by atoms with Crippen molar-refractivity contribution >= 4 is 17.6 Å². The lowest BCUT2D eigenvalue weighted by Crippen LogP contribution is -2.17. The van der Waals surface area contributed by atoms with Crippen molar-refractivity contribution in [2.45, 2.75) is 0 Å². The van der Waals surface area contributed by atoms with Gasteiger partial charge in [-0.15, -0.1) is 0 Å². The van der Waals surface area contributed by atoms with Crippen LogP contribution in [-0.2, 0) is 0 Å². The minimum absolute atomic E-state index is 0.0573. The molecule has 2 aromatic rings. The minimum atomic E-state index is -1.04. The van der Waals surface area contributed by atoms with Crippen LogP contribution in [-0.4, -0.2) is 27.2 Å². The Kier molecular flexibility index (Phi) is 3.37. The van der Waals surface area contributed by atoms with E-state index in [1.807, 2.05) is 0 Å². The number of anilines is 1. The Morgan fingerprint density at radius 2 is 1.79 bits per heavy atom. The summed E-state index contributed by atoms with van der Waals surface area (Å²) in [5, 5.41) is 17.0. The van der Waals surface area contributed by atoms with Crippen molar-refractivity contribution in [3.8, 4) is 0 Å². The van der Waals surface area contributed by atoms with E-state index >= 15 is 0 Å². The summed E-state index contributed by atoms with van der Waals surface area (Å²) in [5.74, 6) is -1.54. The summed E-state index contributed by atoms with van der Waals surface area (Å²) in [6.45, 7) is 0. The van der Waals surface area contributed by atoms with Gasteiger partial charge in [-0.05, 0) is 30.3 Å². The molecule has 3 N–H and O–H groups in total. The average Bonchev–Trinajstić information content (AvgIpc) is 2.40. The Bertz CT molecular complexity index is 656. The number of amides is 1. The van der Waals surface area contributed by atoms with Crippen LogP contribution >= 0.6 is 0 Å². The normalized spacial score (nSPS) is 9.89. The predicted molar refractivity (Wildman–Crippen MR) is 66.2 cm³/mol. The van der Waals surface area contributed by atoms with Gasteiger partial charge in [0, 0.05) is 11.8 Å². The lowest BCUT2D eigenvalue weighted by atomic mass is 10.2. The Balaban J connectivity index is 2.12. The largest absolute Gasteiger partial charge is 0.478 e. The number of nitrogens with zero attached hydrogens (tertiary/aromatic N) is 1. The molecule has 1 heterocycles. The molecule has 1 amide bonds. The van der Waals surface area contributed by atoms with Crippen LogP contribution in [0.15, 0.2) is 41.2 Å². The quantitative estimate of drug-likeness (QED) is 0.751. The van der Waals surface area contributed by atoms with Gasteiger partial charge in [0.05, 0.1) is 5.56 Å². The molecule has 96 valence electrons. The van der Waals surface area contributed by atoms with Crippen LogP contribution in [0.3, 0.4) is 0 Å². The van der Waals surface area contributed by atoms with E-state index in [2.05, 4.69) is 15.5 Å². The van der Waals surface area contributed by atoms with Gasteiger partial charge in [0.25, 0.3) is 11.5 Å². The van der Waals surface area contributed by atoms with Crippen molar-refractivity contribution in [1.82, 2.24) is 10.2 Å². The summed E-state index contributed by atoms with van der Waals surface area (Å²) in [5.41, 5.74) is 0.215. The van der Waals surface area contributed by atoms with Crippen LogP contribution in [0.2, 0.25) is 0 Å². The molecule has 1 aromatic carbocycles. The van der Waals surface area contributed by atoms with Crippen molar-refractivity contribution in [3.05, 3.63) is 58.0 Å². The molecule has 1 aromatic heterocycles. The second-order valence-corrected chi connectivity index (χ2v) is 3.64. The fourth-order valence-electron chi connectivity index (χ4n) is 1.36. The number of hydrogen-bond donors (Lipinski definition) is 3. The summed E-state index contributed by atoms with van der Waals surface area (Å²) in [4.78, 5) is 33.2. The Hall–Kier alpha value is -2.96. The molecule has 2 rings (SSSR count). The number of carbonyl (C=O) groups excluding carboxylic acids is 1. The molecule has 0 fully saturated rings. The Labute approximate surface area is 106 Å². The van der Waals surface area contributed by atoms with E-state index in [4.69, 9.17) is 5.11 Å². The highest BCUT2D eigenvalue weighted by Crippen LogP contribution is 2.10. The van der Waals surface area contributed by atoms with Crippen molar-refractivity contribution in [3.63, 3.8) is 0 Å². The van der Waals surface area contributed by atoms with Crippen LogP contribution in [0.1, 0.15) is 20.8 Å². The van der Waals surface area contributed by atoms with Crippen molar-refractivity contribution in [2.24, 2.45) is 0 Å². The van der Waals surface area contributed by atoms with Gasteiger partial charge in [-0.2, -0.15) is 5.10 Å². The molecule has 0 aliphatic heterocycles. The van der Waals surface area contributed by atoms with E-state index in [0.29, 0.717) is 5.69 Å². The third-order valence-corrected chi connectivity index (χ3v) is 2.30. The summed E-state index contributed by atoms with van der Waals surface area (Å²) in [7, 11) is 0. The molecule has 0 aliphatic carbocycles. The monoisotopic (exact) mass is 259 g/mol. The maximum atomic E-state index is 11.7. The first-order valence-electron chi connectivity index (χ1n) is 5.27. The SMILES string of the molecule is O=C(O)c1ccc(NC(=O)c2ccc(=O)[nH]n2)cc1. The van der Waals surface area contributed by atoms with Crippen LogP contribution in [0, 0.1) is 0 Å². The second-order valence-electron chi connectivity index (χ2n) is 3.64. The molecule has 19 heavy (non-hydrogen) atoms. The van der Waals surface area contributed by atoms with Gasteiger partial charge >= 0.3 is 5.97 Å². The van der Waals surface area contributed by atoms with Crippen LogP contribution in [0.4, 0.5) is 5.69 Å². The molecule has 0 aliphatic rings. The maximum Gasteiger partial charge on any atom is 0.335 e. The Morgan fingerprint density at radius 1 is 1.11 bits per heavy atom. The van der Waals surface area contributed by atoms with E-state index in [1.165, 1.54) is 36.4 Å². The van der Waals surface area contributed by atoms with Gasteiger partial charge in [0.1, 0.15) is 5.69 Å². The molecule has 0 bridgehead atoms. The molecule has 7 nitrogen and oxygen atoms in total. The van der Waals surface area contributed by atoms with E-state index in [9.17, 15) is 14.4 Å². The zero-order chi connectivity index (χ0) is 13.8. The van der Waals surface area contributed by atoms with E-state index in [0.717, 1.165) is 0 Å². The number of nitrogens with one attached hydrogen (secondary N) is 2. The van der Waals surface area contributed by atoms with Gasteiger partial charge in [0.15, 0.2) is 0 Å². The van der Waals surface area contributed by atoms with Gasteiger partial charge in [-0.25, -0.2) is 9.89 Å². The standard InChI is InChI=1S/C12H9N3O4/c16-10-6-5-9(14-15-10)11(17)13-8-3-1-7(2-4-8)12(18)19/h1-6H,(H,13,17)(H,15,16)(H,18,19). The minimum Gasteiger partial charge on any atom is -0.478 e. The smallest absolute Gasteiger partial charge is 0.335 e. The summed E-state index contributed by atoms with van der Waals surface area (Å²) in [6, 6.07) is 8.16. The van der Waals surface area contributed by atoms with Gasteiger partial charge in [0.2, 0.25) is 0 Å². The first-order chi connectivity index (χ1) is 9.06. The van der Waals surface area contributed by atoms with Gasteiger partial charge in [-0.1, -0.05) is 0 Å². The zero-order valence-electron chi connectivity index (χ0n) is 9.58. The fraction of sp³-hybridized carbons (Fsp3) is 0. The highest BCUT2D eigenvalue weighted by molar-refractivity contribution is 6.02. The van der Waals surface area contributed by atoms with Crippen molar-refractivity contribution in [1.29, 1.82) is 0 Å². The van der Waals surface area contributed by atoms with E-state index in [-0.39, 0.29) is 11.3 Å². The third kappa shape index (κ3) is 3.03. The molecule has 0 saturated heterocycles. The molecule has 0 atom stereocenters. The highest BCUT2D eigenvalue weighted by atomic mass is 16.4. The molecule has 0 radical (unpaired) electrons. The number of rotatable bonds is 3. The van der Waals surface area contributed by atoms with Crippen LogP contribution < -0.4 is 10.9 Å². The van der Waals surface area contributed by atoms with E-state index in [1.54, 1.807) is 0 Å². The van der Waals surface area contributed by atoms with E-state index < -0.39 is 17.4 Å². The lowest BCUT2D eigenvalue weighted by Gasteiger charge is -2.04. The second kappa shape index (κ2) is 5.13. The number of aromatic carboxylic acids is 1. The van der Waals surface area contributed by atoms with Crippen LogP contribution in [0.25, 0.3) is 0 Å². The number of hydrogen-bond acceptors (Lipinski definition) is 4. The predicted octanol–water partition coefficient (Wildman–Crippen LogP) is 0.720. The number of carboxylic acid groups (broad SMARTS) is 1.